The quantitative estimate of drug-likeness (QED) is 0.533. The first-order valence-electron chi connectivity index (χ1n) is 7.64. The average Bonchev–Trinajstić information content (AvgIpc) is 3.35. The Labute approximate surface area is 157 Å². The van der Waals surface area contributed by atoms with Gasteiger partial charge in [0.2, 0.25) is 0 Å². The first-order valence-corrected chi connectivity index (χ1v) is 10.3. The van der Waals surface area contributed by atoms with Crippen LogP contribution in [0, 0.1) is 6.92 Å². The summed E-state index contributed by atoms with van der Waals surface area (Å²) in [7, 11) is 0. The van der Waals surface area contributed by atoms with E-state index in [0.717, 1.165) is 27.7 Å². The highest BCUT2D eigenvalue weighted by Crippen LogP contribution is 2.32. The summed E-state index contributed by atoms with van der Waals surface area (Å²) < 4.78 is 2.12. The summed E-state index contributed by atoms with van der Waals surface area (Å²) in [6.45, 7) is 2.64. The smallest absolute Gasteiger partial charge is 0.250 e. The number of carbonyl (C=O) groups excluding carboxylic acids is 1. The fourth-order valence-corrected chi connectivity index (χ4v) is 5.00. The summed E-state index contributed by atoms with van der Waals surface area (Å²) in [5.74, 6) is -0.406. The minimum Gasteiger partial charge on any atom is -0.366 e. The third-order valence-corrected chi connectivity index (χ3v) is 6.50. The maximum atomic E-state index is 11.8. The molecule has 7 heteroatoms. The minimum atomic E-state index is -0.406. The molecular formula is C18H15N3OS3. The Morgan fingerprint density at radius 3 is 2.80 bits per heavy atom. The first kappa shape index (κ1) is 16.3. The van der Waals surface area contributed by atoms with Gasteiger partial charge in [-0.2, -0.15) is 11.3 Å². The van der Waals surface area contributed by atoms with Crippen LogP contribution in [-0.2, 0) is 6.54 Å². The number of primary amides is 1. The summed E-state index contributed by atoms with van der Waals surface area (Å²) in [5.41, 5.74) is 9.92. The van der Waals surface area contributed by atoms with Gasteiger partial charge < -0.3 is 10.3 Å². The zero-order chi connectivity index (χ0) is 17.4. The van der Waals surface area contributed by atoms with Crippen molar-refractivity contribution in [2.75, 3.05) is 0 Å². The third kappa shape index (κ3) is 3.06. The second-order valence-corrected chi connectivity index (χ2v) is 8.28. The van der Waals surface area contributed by atoms with E-state index in [-0.39, 0.29) is 0 Å². The number of aromatic nitrogens is 2. The Bertz CT molecular complexity index is 1010. The van der Waals surface area contributed by atoms with Gasteiger partial charge in [-0.1, -0.05) is 6.07 Å². The van der Waals surface area contributed by atoms with Crippen molar-refractivity contribution in [2.24, 2.45) is 5.73 Å². The summed E-state index contributed by atoms with van der Waals surface area (Å²) in [6.07, 6.45) is 0. The summed E-state index contributed by atoms with van der Waals surface area (Å²) in [6, 6.07) is 8.05. The van der Waals surface area contributed by atoms with Gasteiger partial charge in [-0.15, -0.1) is 22.7 Å². The van der Waals surface area contributed by atoms with E-state index in [2.05, 4.69) is 27.5 Å². The molecule has 0 bridgehead atoms. The standard InChI is InChI=1S/C18H15N3OS3/c1-11-14(17(19)22)7-16(21(11)8-13-3-2-5-24-13)15-10-25-18(20-15)12-4-6-23-9-12/h2-7,9-10H,8H2,1H3,(H2,19,22). The van der Waals surface area contributed by atoms with Gasteiger partial charge in [0.15, 0.2) is 0 Å². The zero-order valence-corrected chi connectivity index (χ0v) is 15.9. The van der Waals surface area contributed by atoms with Crippen LogP contribution in [0.1, 0.15) is 20.9 Å². The van der Waals surface area contributed by atoms with E-state index in [9.17, 15) is 4.79 Å². The van der Waals surface area contributed by atoms with Crippen LogP contribution in [0.2, 0.25) is 0 Å². The molecule has 0 aliphatic carbocycles. The van der Waals surface area contributed by atoms with E-state index >= 15 is 0 Å². The molecular weight excluding hydrogens is 370 g/mol. The molecule has 4 aromatic heterocycles. The molecule has 0 saturated heterocycles. The van der Waals surface area contributed by atoms with E-state index in [1.165, 1.54) is 4.88 Å². The number of nitrogens with zero attached hydrogens (tertiary/aromatic N) is 2. The summed E-state index contributed by atoms with van der Waals surface area (Å²) >= 11 is 4.97. The average molecular weight is 386 g/mol. The Morgan fingerprint density at radius 2 is 2.12 bits per heavy atom. The molecule has 0 spiro atoms. The normalized spacial score (nSPS) is 11.1. The van der Waals surface area contributed by atoms with Gasteiger partial charge in [-0.3, -0.25) is 4.79 Å². The molecule has 0 saturated carbocycles. The third-order valence-electron chi connectivity index (χ3n) is 4.06. The van der Waals surface area contributed by atoms with Crippen LogP contribution in [0.5, 0.6) is 0 Å². The Kier molecular flexibility index (Phi) is 4.29. The first-order chi connectivity index (χ1) is 12.1. The van der Waals surface area contributed by atoms with Gasteiger partial charge >= 0.3 is 0 Å². The lowest BCUT2D eigenvalue weighted by Crippen LogP contribution is -2.12. The summed E-state index contributed by atoms with van der Waals surface area (Å²) in [5, 5.41) is 9.22. The summed E-state index contributed by atoms with van der Waals surface area (Å²) in [4.78, 5) is 17.8. The molecule has 4 aromatic rings. The fourth-order valence-electron chi connectivity index (χ4n) is 2.78. The second kappa shape index (κ2) is 6.59. The van der Waals surface area contributed by atoms with Crippen LogP contribution in [0.15, 0.2) is 45.8 Å². The van der Waals surface area contributed by atoms with Gasteiger partial charge in [-0.05, 0) is 35.9 Å². The molecule has 4 rings (SSSR count). The highest BCUT2D eigenvalue weighted by molar-refractivity contribution is 7.14. The number of thiazole rings is 1. The van der Waals surface area contributed by atoms with Crippen molar-refractivity contribution in [3.63, 3.8) is 0 Å². The highest BCUT2D eigenvalue weighted by Gasteiger charge is 2.19. The molecule has 2 N–H and O–H groups in total. The maximum absolute atomic E-state index is 11.8. The van der Waals surface area contributed by atoms with Crippen molar-refractivity contribution in [3.05, 3.63) is 61.9 Å². The molecule has 0 aliphatic rings. The number of hydrogen-bond donors (Lipinski definition) is 1. The molecule has 0 unspecified atom stereocenters. The molecule has 0 fully saturated rings. The van der Waals surface area contributed by atoms with Crippen LogP contribution in [0.4, 0.5) is 0 Å². The van der Waals surface area contributed by atoms with Crippen molar-refractivity contribution in [1.29, 1.82) is 0 Å². The topological polar surface area (TPSA) is 60.9 Å². The molecule has 0 aliphatic heterocycles. The zero-order valence-electron chi connectivity index (χ0n) is 13.4. The van der Waals surface area contributed by atoms with Crippen LogP contribution < -0.4 is 5.73 Å². The predicted octanol–water partition coefficient (Wildman–Crippen LogP) is 4.86. The van der Waals surface area contributed by atoms with Crippen LogP contribution >= 0.6 is 34.0 Å². The van der Waals surface area contributed by atoms with Crippen LogP contribution in [0.25, 0.3) is 22.0 Å². The lowest BCUT2D eigenvalue weighted by molar-refractivity contribution is 0.0999. The monoisotopic (exact) mass is 385 g/mol. The molecule has 0 atom stereocenters. The molecule has 126 valence electrons. The van der Waals surface area contributed by atoms with Gasteiger partial charge in [-0.25, -0.2) is 4.98 Å². The molecule has 25 heavy (non-hydrogen) atoms. The van der Waals surface area contributed by atoms with Crippen molar-refractivity contribution in [2.45, 2.75) is 13.5 Å². The van der Waals surface area contributed by atoms with Crippen LogP contribution in [-0.4, -0.2) is 15.5 Å². The van der Waals surface area contributed by atoms with Crippen molar-refractivity contribution in [1.82, 2.24) is 9.55 Å². The van der Waals surface area contributed by atoms with Crippen molar-refractivity contribution in [3.8, 4) is 22.0 Å². The van der Waals surface area contributed by atoms with Crippen molar-refractivity contribution < 1.29 is 4.79 Å². The lowest BCUT2D eigenvalue weighted by Gasteiger charge is -2.09. The Morgan fingerprint density at radius 1 is 1.24 bits per heavy atom. The van der Waals surface area contributed by atoms with Crippen LogP contribution in [0.3, 0.4) is 0 Å². The van der Waals surface area contributed by atoms with E-state index in [4.69, 9.17) is 10.7 Å². The van der Waals surface area contributed by atoms with Crippen molar-refractivity contribution >= 4 is 39.9 Å². The van der Waals surface area contributed by atoms with Gasteiger partial charge in [0.1, 0.15) is 5.01 Å². The molecule has 0 aromatic carbocycles. The molecule has 4 heterocycles. The van der Waals surface area contributed by atoms with E-state index in [0.29, 0.717) is 12.1 Å². The van der Waals surface area contributed by atoms with E-state index in [1.807, 2.05) is 29.8 Å². The van der Waals surface area contributed by atoms with E-state index < -0.39 is 5.91 Å². The molecule has 0 radical (unpaired) electrons. The Hall–Kier alpha value is -2.22. The number of carbonyl (C=O) groups is 1. The number of nitrogens with two attached hydrogens (primary N) is 1. The second-order valence-electron chi connectivity index (χ2n) is 5.61. The van der Waals surface area contributed by atoms with E-state index in [1.54, 1.807) is 34.0 Å². The highest BCUT2D eigenvalue weighted by atomic mass is 32.1. The molecule has 1 amide bonds. The fraction of sp³-hybridized carbons (Fsp3) is 0.111. The number of hydrogen-bond acceptors (Lipinski definition) is 5. The SMILES string of the molecule is Cc1c(C(N)=O)cc(-c2csc(-c3ccsc3)n2)n1Cc1cccs1. The largest absolute Gasteiger partial charge is 0.366 e. The Balaban J connectivity index is 1.80. The molecule has 4 nitrogen and oxygen atoms in total. The lowest BCUT2D eigenvalue weighted by atomic mass is 10.2. The van der Waals surface area contributed by atoms with Gasteiger partial charge in [0.25, 0.3) is 5.91 Å². The van der Waals surface area contributed by atoms with Gasteiger partial charge in [0, 0.05) is 26.9 Å². The van der Waals surface area contributed by atoms with Gasteiger partial charge in [0.05, 0.1) is 23.5 Å². The maximum Gasteiger partial charge on any atom is 0.250 e. The minimum absolute atomic E-state index is 0.406. The number of rotatable bonds is 5. The number of thiophene rings is 2. The number of amides is 1. The predicted molar refractivity (Wildman–Crippen MR) is 106 cm³/mol.